The molecule has 0 heterocycles. The molecule has 0 aromatic heterocycles. The molecule has 0 fully saturated rings. The highest BCUT2D eigenvalue weighted by molar-refractivity contribution is 5.96. The summed E-state index contributed by atoms with van der Waals surface area (Å²) in [5.41, 5.74) is 0. The maximum atomic E-state index is 10.5. The Hall–Kier alpha value is -3.18. The molecule has 12 nitrogen and oxygen atoms in total. The minimum atomic E-state index is -1.85. The molecule has 0 aromatic carbocycles. The van der Waals surface area contributed by atoms with Gasteiger partial charge in [0.15, 0.2) is 5.92 Å². The van der Waals surface area contributed by atoms with Gasteiger partial charge >= 0.3 is 35.8 Å². The SMILES string of the molecule is O=C(O)CC(C(=O)O)C(=O)O.O=C(O)CCC(CCC(=O)O)C(=O)O. The Labute approximate surface area is 140 Å². The fourth-order valence-corrected chi connectivity index (χ4v) is 1.44. The van der Waals surface area contributed by atoms with Crippen LogP contribution in [0.15, 0.2) is 0 Å². The van der Waals surface area contributed by atoms with Crippen molar-refractivity contribution in [3.05, 3.63) is 0 Å². The van der Waals surface area contributed by atoms with E-state index in [9.17, 15) is 28.8 Å². The molecule has 0 rings (SSSR count). The quantitative estimate of drug-likeness (QED) is 0.258. The highest BCUT2D eigenvalue weighted by Crippen LogP contribution is 2.13. The third-order valence-electron chi connectivity index (χ3n) is 2.74. The maximum Gasteiger partial charge on any atom is 0.318 e. The molecule has 0 bridgehead atoms. The first-order valence-corrected chi connectivity index (χ1v) is 6.72. The fourth-order valence-electron chi connectivity index (χ4n) is 1.44. The second-order valence-electron chi connectivity index (χ2n) is 4.73. The second-order valence-corrected chi connectivity index (χ2v) is 4.73. The summed E-state index contributed by atoms with van der Waals surface area (Å²) in [6, 6.07) is 0. The normalized spacial score (nSPS) is 9.84. The van der Waals surface area contributed by atoms with Crippen molar-refractivity contribution in [2.45, 2.75) is 32.1 Å². The van der Waals surface area contributed by atoms with E-state index >= 15 is 0 Å². The number of rotatable bonds is 11. The van der Waals surface area contributed by atoms with Gasteiger partial charge in [-0.25, -0.2) is 0 Å². The van der Waals surface area contributed by atoms with E-state index in [1.165, 1.54) is 0 Å². The van der Waals surface area contributed by atoms with E-state index in [4.69, 9.17) is 30.6 Å². The van der Waals surface area contributed by atoms with Gasteiger partial charge in [-0.15, -0.1) is 0 Å². The lowest BCUT2D eigenvalue weighted by Crippen LogP contribution is -2.25. The van der Waals surface area contributed by atoms with Crippen LogP contribution >= 0.6 is 0 Å². The molecule has 0 amide bonds. The number of carboxylic acids is 6. The van der Waals surface area contributed by atoms with Crippen molar-refractivity contribution in [1.29, 1.82) is 0 Å². The molecule has 0 aliphatic heterocycles. The van der Waals surface area contributed by atoms with Gasteiger partial charge in [-0.05, 0) is 12.8 Å². The van der Waals surface area contributed by atoms with Gasteiger partial charge in [0.05, 0.1) is 12.3 Å². The number of carbonyl (C=O) groups is 6. The van der Waals surface area contributed by atoms with E-state index in [0.29, 0.717) is 0 Å². The molecule has 0 saturated heterocycles. The smallest absolute Gasteiger partial charge is 0.318 e. The standard InChI is InChI=1S/C8H12O6.C5H6O6/c9-6(10)3-1-5(8(13)14)2-4-7(11)12;6-3(7)1-2(4(8)9)5(10)11/h5H,1-4H2,(H,9,10)(H,11,12)(H,13,14);2H,1H2,(H,6,7)(H,8,9)(H,10,11). The van der Waals surface area contributed by atoms with Crippen molar-refractivity contribution in [3.8, 4) is 0 Å². The molecule has 12 heteroatoms. The molecule has 0 radical (unpaired) electrons. The van der Waals surface area contributed by atoms with Gasteiger partial charge < -0.3 is 30.6 Å². The summed E-state index contributed by atoms with van der Waals surface area (Å²) < 4.78 is 0. The molecule has 0 saturated carbocycles. The van der Waals surface area contributed by atoms with Gasteiger partial charge in [0, 0.05) is 12.8 Å². The summed E-state index contributed by atoms with van der Waals surface area (Å²) in [6.07, 6.45) is -1.46. The van der Waals surface area contributed by atoms with Crippen molar-refractivity contribution in [1.82, 2.24) is 0 Å². The van der Waals surface area contributed by atoms with Crippen LogP contribution < -0.4 is 0 Å². The summed E-state index contributed by atoms with van der Waals surface area (Å²) in [5, 5.41) is 49.6. The Kier molecular flexibility index (Phi) is 11.8. The van der Waals surface area contributed by atoms with Crippen molar-refractivity contribution >= 4 is 35.8 Å². The maximum absolute atomic E-state index is 10.5. The van der Waals surface area contributed by atoms with Crippen molar-refractivity contribution < 1.29 is 59.4 Å². The van der Waals surface area contributed by atoms with E-state index < -0.39 is 54.1 Å². The topological polar surface area (TPSA) is 224 Å². The van der Waals surface area contributed by atoms with Crippen LogP contribution in [0.2, 0.25) is 0 Å². The summed E-state index contributed by atoms with van der Waals surface area (Å²) in [5.74, 6) is -10.8. The first-order valence-electron chi connectivity index (χ1n) is 6.72. The van der Waals surface area contributed by atoms with Crippen LogP contribution in [0.25, 0.3) is 0 Å². The van der Waals surface area contributed by atoms with Gasteiger partial charge in [-0.3, -0.25) is 28.8 Å². The van der Waals surface area contributed by atoms with Crippen molar-refractivity contribution in [2.24, 2.45) is 11.8 Å². The summed E-state index contributed by atoms with van der Waals surface area (Å²) in [4.78, 5) is 60.8. The van der Waals surface area contributed by atoms with Crippen LogP contribution in [-0.2, 0) is 28.8 Å². The van der Waals surface area contributed by atoms with E-state index in [2.05, 4.69) is 0 Å². The minimum absolute atomic E-state index is 0.0298. The van der Waals surface area contributed by atoms with E-state index in [1.54, 1.807) is 0 Å². The van der Waals surface area contributed by atoms with Crippen molar-refractivity contribution in [3.63, 3.8) is 0 Å². The fraction of sp³-hybridized carbons (Fsp3) is 0.538. The van der Waals surface area contributed by atoms with Crippen LogP contribution in [0.1, 0.15) is 32.1 Å². The average molecular weight is 366 g/mol. The molecule has 0 aromatic rings. The number of hydrogen-bond acceptors (Lipinski definition) is 6. The van der Waals surface area contributed by atoms with Gasteiger partial charge in [-0.1, -0.05) is 0 Å². The molecule has 0 spiro atoms. The molecule has 6 N–H and O–H groups in total. The Balaban J connectivity index is 0. The highest BCUT2D eigenvalue weighted by atomic mass is 16.4. The second kappa shape index (κ2) is 12.3. The van der Waals surface area contributed by atoms with Gasteiger partial charge in [0.25, 0.3) is 0 Å². The third kappa shape index (κ3) is 14.2. The Bertz CT molecular complexity index is 491. The molecule has 25 heavy (non-hydrogen) atoms. The van der Waals surface area contributed by atoms with E-state index in [-0.39, 0.29) is 25.7 Å². The molecule has 0 atom stereocenters. The monoisotopic (exact) mass is 366 g/mol. The van der Waals surface area contributed by atoms with Gasteiger partial charge in [-0.2, -0.15) is 0 Å². The van der Waals surface area contributed by atoms with Crippen LogP contribution in [-0.4, -0.2) is 66.5 Å². The average Bonchev–Trinajstić information content (AvgIpc) is 2.43. The number of carboxylic acid groups (broad SMARTS) is 6. The van der Waals surface area contributed by atoms with Crippen LogP contribution in [0.5, 0.6) is 0 Å². The zero-order valence-corrected chi connectivity index (χ0v) is 12.8. The highest BCUT2D eigenvalue weighted by Gasteiger charge is 2.28. The zero-order valence-electron chi connectivity index (χ0n) is 12.8. The Morgan fingerprint density at radius 3 is 1.08 bits per heavy atom. The molecule has 142 valence electrons. The molecule has 0 aliphatic carbocycles. The summed E-state index contributed by atoms with van der Waals surface area (Å²) in [6.45, 7) is 0. The van der Waals surface area contributed by atoms with E-state index in [0.717, 1.165) is 0 Å². The lowest BCUT2D eigenvalue weighted by molar-refractivity contribution is -0.159. The summed E-state index contributed by atoms with van der Waals surface area (Å²) >= 11 is 0. The first-order chi connectivity index (χ1) is 11.4. The predicted molar refractivity (Wildman–Crippen MR) is 75.9 cm³/mol. The summed E-state index contributed by atoms with van der Waals surface area (Å²) in [7, 11) is 0. The largest absolute Gasteiger partial charge is 0.481 e. The minimum Gasteiger partial charge on any atom is -0.481 e. The molecule has 0 aliphatic rings. The molecular weight excluding hydrogens is 348 g/mol. The Morgan fingerprint density at radius 1 is 0.560 bits per heavy atom. The van der Waals surface area contributed by atoms with Crippen LogP contribution in [0.3, 0.4) is 0 Å². The predicted octanol–water partition coefficient (Wildman–Crippen LogP) is -0.337. The zero-order chi connectivity index (χ0) is 20.2. The Morgan fingerprint density at radius 2 is 0.920 bits per heavy atom. The van der Waals surface area contributed by atoms with Gasteiger partial charge in [0.1, 0.15) is 0 Å². The number of aliphatic carboxylic acids is 6. The first kappa shape index (κ1) is 24.1. The lowest BCUT2D eigenvalue weighted by Gasteiger charge is -2.08. The molecular formula is C13H18O12. The molecule has 0 unspecified atom stereocenters. The van der Waals surface area contributed by atoms with Crippen LogP contribution in [0, 0.1) is 11.8 Å². The van der Waals surface area contributed by atoms with Crippen molar-refractivity contribution in [2.75, 3.05) is 0 Å². The van der Waals surface area contributed by atoms with Crippen LogP contribution in [0.4, 0.5) is 0 Å². The third-order valence-corrected chi connectivity index (χ3v) is 2.74. The number of hydrogen-bond donors (Lipinski definition) is 6. The van der Waals surface area contributed by atoms with E-state index in [1.807, 2.05) is 0 Å². The van der Waals surface area contributed by atoms with Gasteiger partial charge in [0.2, 0.25) is 0 Å². The lowest BCUT2D eigenvalue weighted by atomic mass is 9.98.